The second-order valence-electron chi connectivity index (χ2n) is 12.9. The van der Waals surface area contributed by atoms with Crippen molar-refractivity contribution in [2.75, 3.05) is 19.7 Å². The van der Waals surface area contributed by atoms with Gasteiger partial charge >= 0.3 is 5.97 Å². The Balaban J connectivity index is 1.67. The van der Waals surface area contributed by atoms with Crippen molar-refractivity contribution in [3.8, 4) is 0 Å². The molecule has 44 heavy (non-hydrogen) atoms. The van der Waals surface area contributed by atoms with E-state index in [-0.39, 0.29) is 43.8 Å². The number of aliphatic hydroxyl groups is 1. The maximum atomic E-state index is 14.4. The molecule has 240 valence electrons. The second-order valence-corrected chi connectivity index (χ2v) is 12.9. The van der Waals surface area contributed by atoms with Crippen molar-refractivity contribution in [3.63, 3.8) is 0 Å². The zero-order valence-corrected chi connectivity index (χ0v) is 26.4. The van der Waals surface area contributed by atoms with Crippen LogP contribution in [0, 0.1) is 11.8 Å². The van der Waals surface area contributed by atoms with Gasteiger partial charge in [-0.3, -0.25) is 19.2 Å². The summed E-state index contributed by atoms with van der Waals surface area (Å²) in [6, 6.07) is 7.50. The molecule has 0 aliphatic carbocycles. The van der Waals surface area contributed by atoms with E-state index in [2.05, 4.69) is 18.5 Å². The molecule has 1 aromatic carbocycles. The normalized spacial score (nSPS) is 26.9. The van der Waals surface area contributed by atoms with Gasteiger partial charge in [0.1, 0.15) is 17.7 Å². The van der Waals surface area contributed by atoms with E-state index in [0.29, 0.717) is 31.2 Å². The van der Waals surface area contributed by atoms with E-state index in [4.69, 9.17) is 9.47 Å². The highest BCUT2D eigenvalue weighted by atomic mass is 16.6. The van der Waals surface area contributed by atoms with Crippen LogP contribution in [0.1, 0.15) is 71.5 Å². The number of esters is 1. The fourth-order valence-electron chi connectivity index (χ4n) is 7.06. The summed E-state index contributed by atoms with van der Waals surface area (Å²) >= 11 is 0. The number of carbonyl (C=O) groups excluding carboxylic acids is 4. The molecule has 3 aliphatic rings. The fraction of sp³-hybridized carbons (Fsp3) is 0.588. The van der Waals surface area contributed by atoms with Crippen molar-refractivity contribution in [1.82, 2.24) is 15.1 Å². The highest BCUT2D eigenvalue weighted by Gasteiger charge is 2.75. The number of benzene rings is 1. The van der Waals surface area contributed by atoms with E-state index in [1.54, 1.807) is 17.1 Å². The standard InChI is InChI=1S/C34H47N3O7/c1-7-10-16-26(39)35-20-25(22-14-12-11-13-15-22)43-32(42)27-24-17-18-34(44-24)28(27)30(40)37(23(9-3)21-38)29(34)31(41)36(19-8-2)33(4,5)6/h7-8,11-15,23-25,27-29,38H,1-2,9-10,16-21H2,3-6H3,(H,35,39)/t23-,24+,25+,27-,28-,29+,34-/m0/s1. The Morgan fingerprint density at radius 2 is 1.93 bits per heavy atom. The first-order chi connectivity index (χ1) is 20.9. The number of likely N-dealkylation sites (tertiary alicyclic amines) is 1. The lowest BCUT2D eigenvalue weighted by Gasteiger charge is -2.43. The van der Waals surface area contributed by atoms with Crippen LogP contribution in [0.4, 0.5) is 0 Å². The summed E-state index contributed by atoms with van der Waals surface area (Å²) < 4.78 is 12.6. The van der Waals surface area contributed by atoms with Crippen molar-refractivity contribution in [3.05, 3.63) is 61.2 Å². The smallest absolute Gasteiger partial charge is 0.313 e. The van der Waals surface area contributed by atoms with Gasteiger partial charge in [0.25, 0.3) is 0 Å². The first kappa shape index (κ1) is 33.4. The topological polar surface area (TPSA) is 125 Å². The van der Waals surface area contributed by atoms with Gasteiger partial charge in [0.15, 0.2) is 0 Å². The third-order valence-electron chi connectivity index (χ3n) is 9.20. The van der Waals surface area contributed by atoms with E-state index in [0.717, 1.165) is 0 Å². The first-order valence-electron chi connectivity index (χ1n) is 15.6. The summed E-state index contributed by atoms with van der Waals surface area (Å²) in [7, 11) is 0. The van der Waals surface area contributed by atoms with Crippen molar-refractivity contribution in [1.29, 1.82) is 0 Å². The van der Waals surface area contributed by atoms with Crippen LogP contribution in [0.2, 0.25) is 0 Å². The minimum atomic E-state index is -1.23. The number of amides is 3. The molecule has 2 bridgehead atoms. The molecule has 0 unspecified atom stereocenters. The summed E-state index contributed by atoms with van der Waals surface area (Å²) in [6.45, 7) is 15.1. The molecule has 0 radical (unpaired) electrons. The number of aliphatic hydroxyl groups excluding tert-OH is 1. The Kier molecular flexibility index (Phi) is 10.4. The molecular weight excluding hydrogens is 562 g/mol. The molecule has 10 heteroatoms. The van der Waals surface area contributed by atoms with Gasteiger partial charge in [0.2, 0.25) is 17.7 Å². The van der Waals surface area contributed by atoms with Gasteiger partial charge in [-0.2, -0.15) is 0 Å². The molecule has 3 aliphatic heterocycles. The van der Waals surface area contributed by atoms with Crippen LogP contribution >= 0.6 is 0 Å². The SMILES string of the molecule is C=CCCC(=O)NC[C@@H](OC(=O)[C@@H]1[C@H]2C(=O)N([C@@H](CC)CO)[C@H](C(=O)N(CC=C)C(C)(C)C)[C@]23CC[C@H]1O3)c1ccccc1. The molecule has 7 atom stereocenters. The minimum absolute atomic E-state index is 0.0610. The number of hydrogen-bond donors (Lipinski definition) is 2. The Labute approximate surface area is 260 Å². The van der Waals surface area contributed by atoms with Crippen LogP contribution in [0.25, 0.3) is 0 Å². The van der Waals surface area contributed by atoms with Crippen LogP contribution in [0.3, 0.4) is 0 Å². The molecule has 10 nitrogen and oxygen atoms in total. The zero-order valence-electron chi connectivity index (χ0n) is 26.4. The third-order valence-corrected chi connectivity index (χ3v) is 9.20. The van der Waals surface area contributed by atoms with Gasteiger partial charge < -0.3 is 29.7 Å². The zero-order chi connectivity index (χ0) is 32.2. The van der Waals surface area contributed by atoms with Gasteiger partial charge in [0, 0.05) is 18.5 Å². The number of nitrogens with one attached hydrogen (secondary N) is 1. The molecule has 4 rings (SSSR count). The average Bonchev–Trinajstić information content (AvgIpc) is 3.64. The van der Waals surface area contributed by atoms with Crippen molar-refractivity contribution in [2.24, 2.45) is 11.8 Å². The summed E-state index contributed by atoms with van der Waals surface area (Å²) in [6.07, 6.45) is 4.06. The molecular formula is C34H47N3O7. The average molecular weight is 610 g/mol. The highest BCUT2D eigenvalue weighted by molar-refractivity contribution is 5.98. The maximum Gasteiger partial charge on any atom is 0.313 e. The van der Waals surface area contributed by atoms with E-state index >= 15 is 0 Å². The van der Waals surface area contributed by atoms with Gasteiger partial charge in [0.05, 0.1) is 37.1 Å². The van der Waals surface area contributed by atoms with Crippen LogP contribution in [-0.4, -0.2) is 87.6 Å². The number of rotatable bonds is 14. The molecule has 3 saturated heterocycles. The second kappa shape index (κ2) is 13.6. The quantitative estimate of drug-likeness (QED) is 0.245. The lowest BCUT2D eigenvalue weighted by molar-refractivity contribution is -0.161. The molecule has 3 amide bonds. The largest absolute Gasteiger partial charge is 0.455 e. The number of hydrogen-bond acceptors (Lipinski definition) is 7. The Bertz CT molecular complexity index is 1240. The Morgan fingerprint density at radius 3 is 2.52 bits per heavy atom. The summed E-state index contributed by atoms with van der Waals surface area (Å²) in [5, 5.41) is 13.1. The Morgan fingerprint density at radius 1 is 1.23 bits per heavy atom. The summed E-state index contributed by atoms with van der Waals surface area (Å²) in [5.41, 5.74) is -1.10. The molecule has 2 N–H and O–H groups in total. The molecule has 3 heterocycles. The number of allylic oxidation sites excluding steroid dienone is 1. The molecule has 3 fully saturated rings. The van der Waals surface area contributed by atoms with Crippen molar-refractivity contribution >= 4 is 23.7 Å². The molecule has 0 aromatic heterocycles. The van der Waals surface area contributed by atoms with Crippen molar-refractivity contribution < 1.29 is 33.8 Å². The highest BCUT2D eigenvalue weighted by Crippen LogP contribution is 2.59. The van der Waals surface area contributed by atoms with Crippen LogP contribution in [0.5, 0.6) is 0 Å². The lowest BCUT2D eigenvalue weighted by atomic mass is 9.70. The van der Waals surface area contributed by atoms with E-state index in [1.807, 2.05) is 58.0 Å². The van der Waals surface area contributed by atoms with Gasteiger partial charge in [-0.05, 0) is 52.0 Å². The molecule has 1 spiro atoms. The van der Waals surface area contributed by atoms with Crippen LogP contribution in [-0.2, 0) is 28.7 Å². The van der Waals surface area contributed by atoms with E-state index in [9.17, 15) is 24.3 Å². The Hall–Kier alpha value is -3.50. The number of fused-ring (bicyclic) bond motifs is 1. The summed E-state index contributed by atoms with van der Waals surface area (Å²) in [5.74, 6) is -3.34. The molecule has 0 saturated carbocycles. The first-order valence-corrected chi connectivity index (χ1v) is 15.6. The predicted molar refractivity (Wildman–Crippen MR) is 165 cm³/mol. The van der Waals surface area contributed by atoms with Crippen LogP contribution in [0.15, 0.2) is 55.6 Å². The van der Waals surface area contributed by atoms with E-state index in [1.165, 1.54) is 4.90 Å². The third kappa shape index (κ3) is 6.19. The molecule has 1 aromatic rings. The lowest BCUT2D eigenvalue weighted by Crippen LogP contribution is -2.61. The predicted octanol–water partition coefficient (Wildman–Crippen LogP) is 3.31. The minimum Gasteiger partial charge on any atom is -0.455 e. The van der Waals surface area contributed by atoms with Crippen LogP contribution < -0.4 is 5.32 Å². The van der Waals surface area contributed by atoms with E-state index < -0.39 is 53.2 Å². The number of carbonyl (C=O) groups is 4. The fourth-order valence-corrected chi connectivity index (χ4v) is 7.06. The van der Waals surface area contributed by atoms with Gasteiger partial charge in [-0.25, -0.2) is 0 Å². The number of ether oxygens (including phenoxy) is 2. The van der Waals surface area contributed by atoms with Crippen molar-refractivity contribution in [2.45, 2.75) is 95.2 Å². The maximum absolute atomic E-state index is 14.4. The summed E-state index contributed by atoms with van der Waals surface area (Å²) in [4.78, 5) is 58.3. The number of nitrogens with zero attached hydrogens (tertiary/aromatic N) is 2. The van der Waals surface area contributed by atoms with Gasteiger partial charge in [-0.15, -0.1) is 13.2 Å². The monoisotopic (exact) mass is 609 g/mol. The van der Waals surface area contributed by atoms with Gasteiger partial charge in [-0.1, -0.05) is 49.4 Å².